The predicted molar refractivity (Wildman–Crippen MR) is 67.0 cm³/mol. The summed E-state index contributed by atoms with van der Waals surface area (Å²) in [5.41, 5.74) is 6.55. The topological polar surface area (TPSA) is 69.7 Å². The Morgan fingerprint density at radius 2 is 2.00 bits per heavy atom. The predicted octanol–water partition coefficient (Wildman–Crippen LogP) is 1.58. The number of hydrogen-bond donors (Lipinski definition) is 3. The van der Waals surface area contributed by atoms with Crippen molar-refractivity contribution < 1.29 is 10.2 Å². The lowest BCUT2D eigenvalue weighted by molar-refractivity contribution is 0.155. The molecule has 0 radical (unpaired) electrons. The van der Waals surface area contributed by atoms with Gasteiger partial charge in [-0.1, -0.05) is 6.07 Å². The Morgan fingerprint density at radius 3 is 2.59 bits per heavy atom. The number of aromatic hydroxyl groups is 2. The molecule has 0 saturated carbocycles. The first-order valence-electron chi connectivity index (χ1n) is 6.10. The molecule has 4 N–H and O–H groups in total. The van der Waals surface area contributed by atoms with Gasteiger partial charge in [0.25, 0.3) is 0 Å². The molecule has 2 atom stereocenters. The molecule has 2 rings (SSSR count). The fourth-order valence-corrected chi connectivity index (χ4v) is 2.54. The van der Waals surface area contributed by atoms with Crippen LogP contribution in [-0.4, -0.2) is 34.2 Å². The van der Waals surface area contributed by atoms with Gasteiger partial charge >= 0.3 is 0 Å². The molecule has 1 saturated heterocycles. The Morgan fingerprint density at radius 1 is 1.35 bits per heavy atom. The third-order valence-electron chi connectivity index (χ3n) is 3.51. The van der Waals surface area contributed by atoms with E-state index in [1.165, 1.54) is 0 Å². The van der Waals surface area contributed by atoms with E-state index in [1.54, 1.807) is 18.2 Å². The molecule has 94 valence electrons. The van der Waals surface area contributed by atoms with Gasteiger partial charge in [0.05, 0.1) is 5.56 Å². The quantitative estimate of drug-likeness (QED) is 0.729. The van der Waals surface area contributed by atoms with Gasteiger partial charge in [0.15, 0.2) is 0 Å². The first-order chi connectivity index (χ1) is 8.09. The highest BCUT2D eigenvalue weighted by molar-refractivity contribution is 5.45. The molecule has 1 aliphatic heterocycles. The van der Waals surface area contributed by atoms with Crippen LogP contribution >= 0.6 is 0 Å². The second kappa shape index (κ2) is 4.94. The standard InChI is InChI=1S/C13H20N2O2/c1-9(15-7-3-4-10(14)8-15)13-11(16)5-2-6-12(13)17/h2,5-6,9-10,16-17H,3-4,7-8,14H2,1H3. The van der Waals surface area contributed by atoms with E-state index in [9.17, 15) is 10.2 Å². The van der Waals surface area contributed by atoms with E-state index in [0.29, 0.717) is 5.56 Å². The van der Waals surface area contributed by atoms with Crippen LogP contribution < -0.4 is 5.73 Å². The summed E-state index contributed by atoms with van der Waals surface area (Å²) in [5.74, 6) is 0.299. The minimum absolute atomic E-state index is 0.0115. The van der Waals surface area contributed by atoms with E-state index >= 15 is 0 Å². The van der Waals surface area contributed by atoms with Crippen molar-refractivity contribution in [3.63, 3.8) is 0 Å². The smallest absolute Gasteiger partial charge is 0.124 e. The van der Waals surface area contributed by atoms with Crippen LogP contribution in [0.15, 0.2) is 18.2 Å². The number of likely N-dealkylation sites (tertiary alicyclic amines) is 1. The van der Waals surface area contributed by atoms with E-state index in [2.05, 4.69) is 4.90 Å². The lowest BCUT2D eigenvalue weighted by Gasteiger charge is -2.35. The maximum Gasteiger partial charge on any atom is 0.124 e. The molecule has 1 aromatic carbocycles. The highest BCUT2D eigenvalue weighted by Crippen LogP contribution is 2.36. The average Bonchev–Trinajstić information content (AvgIpc) is 2.28. The normalized spacial score (nSPS) is 23.5. The minimum atomic E-state index is -0.0115. The molecule has 4 nitrogen and oxygen atoms in total. The summed E-state index contributed by atoms with van der Waals surface area (Å²) < 4.78 is 0. The van der Waals surface area contributed by atoms with Crippen LogP contribution in [0.25, 0.3) is 0 Å². The average molecular weight is 236 g/mol. The van der Waals surface area contributed by atoms with Crippen LogP contribution in [0.4, 0.5) is 0 Å². The van der Waals surface area contributed by atoms with Crippen LogP contribution in [0.2, 0.25) is 0 Å². The van der Waals surface area contributed by atoms with Crippen LogP contribution in [0.1, 0.15) is 31.4 Å². The van der Waals surface area contributed by atoms with Gasteiger partial charge in [-0.05, 0) is 38.4 Å². The summed E-state index contributed by atoms with van der Waals surface area (Å²) in [5, 5.41) is 19.7. The highest BCUT2D eigenvalue weighted by atomic mass is 16.3. The maximum atomic E-state index is 9.84. The number of piperidine rings is 1. The van der Waals surface area contributed by atoms with Crippen molar-refractivity contribution >= 4 is 0 Å². The Balaban J connectivity index is 2.21. The van der Waals surface area contributed by atoms with Crippen molar-refractivity contribution in [2.24, 2.45) is 5.73 Å². The maximum absolute atomic E-state index is 9.84. The summed E-state index contributed by atoms with van der Waals surface area (Å²) in [4.78, 5) is 2.21. The zero-order valence-corrected chi connectivity index (χ0v) is 10.1. The van der Waals surface area contributed by atoms with Gasteiger partial charge in [-0.2, -0.15) is 0 Å². The Hall–Kier alpha value is -1.26. The number of nitrogens with two attached hydrogens (primary N) is 1. The number of nitrogens with zero attached hydrogens (tertiary/aromatic N) is 1. The van der Waals surface area contributed by atoms with Gasteiger partial charge in [-0.25, -0.2) is 0 Å². The SMILES string of the molecule is CC(c1c(O)cccc1O)N1CCCC(N)C1. The van der Waals surface area contributed by atoms with Crippen LogP contribution in [0.3, 0.4) is 0 Å². The van der Waals surface area contributed by atoms with Gasteiger partial charge in [0.2, 0.25) is 0 Å². The Labute approximate surface area is 102 Å². The van der Waals surface area contributed by atoms with Crippen LogP contribution in [0, 0.1) is 0 Å². The summed E-state index contributed by atoms with van der Waals surface area (Å²) in [6.07, 6.45) is 2.12. The van der Waals surface area contributed by atoms with E-state index in [4.69, 9.17) is 5.73 Å². The lowest BCUT2D eigenvalue weighted by Crippen LogP contribution is -2.43. The Kier molecular flexibility index (Phi) is 3.54. The molecule has 0 amide bonds. The van der Waals surface area contributed by atoms with Gasteiger partial charge in [0, 0.05) is 18.6 Å². The fourth-order valence-electron chi connectivity index (χ4n) is 2.54. The van der Waals surface area contributed by atoms with E-state index in [-0.39, 0.29) is 23.6 Å². The molecular weight excluding hydrogens is 216 g/mol. The van der Waals surface area contributed by atoms with Gasteiger partial charge < -0.3 is 15.9 Å². The second-order valence-electron chi connectivity index (χ2n) is 4.78. The molecule has 1 aliphatic rings. The molecular formula is C13H20N2O2. The van der Waals surface area contributed by atoms with Crippen molar-refractivity contribution in [1.82, 2.24) is 4.90 Å². The largest absolute Gasteiger partial charge is 0.507 e. The molecule has 1 aromatic rings. The Bertz CT molecular complexity index is 375. The van der Waals surface area contributed by atoms with Crippen molar-refractivity contribution in [3.8, 4) is 11.5 Å². The molecule has 4 heteroatoms. The summed E-state index contributed by atoms with van der Waals surface area (Å²) in [6, 6.07) is 5.04. The highest BCUT2D eigenvalue weighted by Gasteiger charge is 2.25. The first kappa shape index (κ1) is 12.2. The summed E-state index contributed by atoms with van der Waals surface area (Å²) >= 11 is 0. The van der Waals surface area contributed by atoms with Crippen LogP contribution in [0.5, 0.6) is 11.5 Å². The number of rotatable bonds is 2. The molecule has 0 bridgehead atoms. The zero-order chi connectivity index (χ0) is 12.4. The number of phenols is 2. The number of phenolic OH excluding ortho intramolecular Hbond substituents is 2. The van der Waals surface area contributed by atoms with E-state index in [0.717, 1.165) is 25.9 Å². The second-order valence-corrected chi connectivity index (χ2v) is 4.78. The van der Waals surface area contributed by atoms with E-state index < -0.39 is 0 Å². The monoisotopic (exact) mass is 236 g/mol. The minimum Gasteiger partial charge on any atom is -0.507 e. The third-order valence-corrected chi connectivity index (χ3v) is 3.51. The zero-order valence-electron chi connectivity index (χ0n) is 10.1. The van der Waals surface area contributed by atoms with Crippen LogP contribution in [-0.2, 0) is 0 Å². The van der Waals surface area contributed by atoms with Gasteiger partial charge in [0.1, 0.15) is 11.5 Å². The number of benzene rings is 1. The molecule has 2 unspecified atom stereocenters. The molecule has 1 heterocycles. The molecule has 0 aromatic heterocycles. The van der Waals surface area contributed by atoms with Gasteiger partial charge in [-0.3, -0.25) is 4.90 Å². The van der Waals surface area contributed by atoms with Crippen molar-refractivity contribution in [2.45, 2.75) is 31.8 Å². The molecule has 17 heavy (non-hydrogen) atoms. The van der Waals surface area contributed by atoms with Gasteiger partial charge in [-0.15, -0.1) is 0 Å². The summed E-state index contributed by atoms with van der Waals surface area (Å²) in [6.45, 7) is 3.77. The third kappa shape index (κ3) is 2.53. The van der Waals surface area contributed by atoms with Crippen molar-refractivity contribution in [1.29, 1.82) is 0 Å². The molecule has 0 aliphatic carbocycles. The lowest BCUT2D eigenvalue weighted by atomic mass is 9.99. The van der Waals surface area contributed by atoms with Crippen molar-refractivity contribution in [2.75, 3.05) is 13.1 Å². The number of hydrogen-bond acceptors (Lipinski definition) is 4. The molecule has 1 fully saturated rings. The van der Waals surface area contributed by atoms with E-state index in [1.807, 2.05) is 6.92 Å². The molecule has 0 spiro atoms. The van der Waals surface area contributed by atoms with Crippen molar-refractivity contribution in [3.05, 3.63) is 23.8 Å². The first-order valence-corrected chi connectivity index (χ1v) is 6.10. The fraction of sp³-hybridized carbons (Fsp3) is 0.538. The summed E-state index contributed by atoms with van der Waals surface area (Å²) in [7, 11) is 0.